The van der Waals surface area contributed by atoms with Crippen molar-refractivity contribution in [1.29, 1.82) is 0 Å². The maximum absolute atomic E-state index is 2.45. The first kappa shape index (κ1) is 7.43. The molecule has 0 radical (unpaired) electrons. The lowest BCUT2D eigenvalue weighted by molar-refractivity contribution is 1.80. The summed E-state index contributed by atoms with van der Waals surface area (Å²) in [6.45, 7) is 12.2. The van der Waals surface area contributed by atoms with Crippen molar-refractivity contribution >= 4 is 15.9 Å². The molecule has 0 rings (SSSR count). The maximum Gasteiger partial charge on any atom is -0.0975 e. The molecule has 0 heterocycles. The van der Waals surface area contributed by atoms with Crippen LogP contribution >= 0.6 is 0 Å². The largest absolute Gasteiger partial charge is 0.265 e. The molecule has 0 saturated carbocycles. The molecule has 0 saturated heterocycles. The molecular formula is C5H15Si2-. The number of hydrogen-bond donors (Lipinski definition) is 0. The minimum atomic E-state index is -0.633. The van der Waals surface area contributed by atoms with E-state index in [0.717, 1.165) is 0 Å². The van der Waals surface area contributed by atoms with Crippen molar-refractivity contribution in [2.75, 3.05) is 0 Å². The minimum absolute atomic E-state index is 0.0887. The van der Waals surface area contributed by atoms with Crippen molar-refractivity contribution in [1.82, 2.24) is 0 Å². The lowest BCUT2D eigenvalue weighted by Crippen LogP contribution is -2.37. The topological polar surface area (TPSA) is 0 Å². The second-order valence-electron chi connectivity index (χ2n) is 3.25. The second-order valence-corrected chi connectivity index (χ2v) is 17.2. The molecule has 44 valence electrons. The van der Waals surface area contributed by atoms with Gasteiger partial charge in [-0.1, -0.05) is 19.6 Å². The van der Waals surface area contributed by atoms with Crippen LogP contribution in [-0.4, -0.2) is 15.9 Å². The van der Waals surface area contributed by atoms with Gasteiger partial charge in [0.2, 0.25) is 0 Å². The summed E-state index contributed by atoms with van der Waals surface area (Å²) in [7, 11) is -0.544. The zero-order valence-electron chi connectivity index (χ0n) is 6.00. The molecule has 0 aromatic rings. The Morgan fingerprint density at radius 3 is 1.14 bits per heavy atom. The average molecular weight is 131 g/mol. The molecule has 0 N–H and O–H groups in total. The Bertz CT molecular complexity index is 51.6. The van der Waals surface area contributed by atoms with Gasteiger partial charge in [-0.25, -0.2) is 0 Å². The Morgan fingerprint density at radius 2 is 1.14 bits per heavy atom. The van der Waals surface area contributed by atoms with E-state index < -0.39 is 7.59 Å². The molecule has 7 heavy (non-hydrogen) atoms. The fourth-order valence-electron chi connectivity index (χ4n) is 0. The van der Waals surface area contributed by atoms with E-state index in [-0.39, 0.29) is 8.31 Å². The van der Waals surface area contributed by atoms with E-state index in [1.165, 1.54) is 0 Å². The van der Waals surface area contributed by atoms with Gasteiger partial charge in [-0.15, -0.1) is 7.59 Å². The average Bonchev–Trinajstić information content (AvgIpc) is 1.31. The fraction of sp³-hybridized carbons (Fsp3) is 1.00. The molecule has 0 spiro atoms. The first-order valence-electron chi connectivity index (χ1n) is 2.75. The smallest absolute Gasteiger partial charge is 0.0975 e. The van der Waals surface area contributed by atoms with Crippen molar-refractivity contribution in [2.45, 2.75) is 32.7 Å². The molecule has 0 aliphatic rings. The van der Waals surface area contributed by atoms with Crippen LogP contribution in [0.15, 0.2) is 0 Å². The van der Waals surface area contributed by atoms with Crippen molar-refractivity contribution in [2.24, 2.45) is 0 Å². The van der Waals surface area contributed by atoms with E-state index in [1.807, 2.05) is 0 Å². The summed E-state index contributed by atoms with van der Waals surface area (Å²) in [6, 6.07) is 0. The van der Waals surface area contributed by atoms with Gasteiger partial charge in [-0.05, 0) is 0 Å². The molecule has 0 aliphatic carbocycles. The third kappa shape index (κ3) is 3.06. The Labute approximate surface area is 49.3 Å². The molecule has 0 amide bonds. The van der Waals surface area contributed by atoms with Crippen LogP contribution in [0.25, 0.3) is 0 Å². The zero-order chi connectivity index (χ0) is 6.08. The van der Waals surface area contributed by atoms with Gasteiger partial charge in [0.15, 0.2) is 0 Å². The molecule has 0 aliphatic heterocycles. The molecular weight excluding hydrogens is 116 g/mol. The van der Waals surface area contributed by atoms with Gasteiger partial charge < -0.3 is 0 Å². The third-order valence-electron chi connectivity index (χ3n) is 1.50. The lowest BCUT2D eigenvalue weighted by atomic mass is 11.8. The summed E-state index contributed by atoms with van der Waals surface area (Å²) in [5, 5.41) is 0. The predicted molar refractivity (Wildman–Crippen MR) is 40.8 cm³/mol. The number of hydrogen-bond acceptors (Lipinski definition) is 0. The van der Waals surface area contributed by atoms with Gasteiger partial charge in [0.05, 0.1) is 0 Å². The fourth-order valence-corrected chi connectivity index (χ4v) is 0. The van der Waals surface area contributed by atoms with Crippen LogP contribution in [0.3, 0.4) is 0 Å². The molecule has 0 aromatic heterocycles. The standard InChI is InChI=1S/C5H15Si2/c1-6(2)7(3,4)5/h1-5H3/q-1. The normalized spacial score (nSPS) is 12.9. The van der Waals surface area contributed by atoms with E-state index in [4.69, 9.17) is 0 Å². The highest BCUT2D eigenvalue weighted by Crippen LogP contribution is 2.04. The summed E-state index contributed by atoms with van der Waals surface area (Å²) in [5.41, 5.74) is 0. The van der Waals surface area contributed by atoms with Crippen LogP contribution < -0.4 is 0 Å². The SMILES string of the molecule is C[Si-](C)[Si](C)(C)C. The summed E-state index contributed by atoms with van der Waals surface area (Å²) in [6.07, 6.45) is 0. The van der Waals surface area contributed by atoms with Crippen LogP contribution in [0.2, 0.25) is 32.7 Å². The Kier molecular flexibility index (Phi) is 2.27. The second kappa shape index (κ2) is 2.13. The zero-order valence-corrected chi connectivity index (χ0v) is 8.00. The molecule has 0 atom stereocenters. The number of rotatable bonds is 1. The minimum Gasteiger partial charge on any atom is -0.265 e. The van der Waals surface area contributed by atoms with E-state index in [0.29, 0.717) is 0 Å². The van der Waals surface area contributed by atoms with E-state index in [9.17, 15) is 0 Å². The predicted octanol–water partition coefficient (Wildman–Crippen LogP) is 2.16. The Balaban J connectivity index is 3.54. The van der Waals surface area contributed by atoms with Crippen molar-refractivity contribution in [3.63, 3.8) is 0 Å². The van der Waals surface area contributed by atoms with E-state index >= 15 is 0 Å². The van der Waals surface area contributed by atoms with Crippen LogP contribution in [0.4, 0.5) is 0 Å². The van der Waals surface area contributed by atoms with Crippen LogP contribution in [0.1, 0.15) is 0 Å². The van der Waals surface area contributed by atoms with Crippen molar-refractivity contribution in [3.05, 3.63) is 0 Å². The maximum atomic E-state index is 2.45. The van der Waals surface area contributed by atoms with Gasteiger partial charge in [-0.3, -0.25) is 8.31 Å². The summed E-state index contributed by atoms with van der Waals surface area (Å²) < 4.78 is 0. The molecule has 0 fully saturated rings. The highest BCUT2D eigenvalue weighted by atomic mass is 29.2. The molecule has 0 bridgehead atoms. The van der Waals surface area contributed by atoms with Gasteiger partial charge in [0.1, 0.15) is 0 Å². The molecule has 0 unspecified atom stereocenters. The summed E-state index contributed by atoms with van der Waals surface area (Å²) in [5.74, 6) is 0. The Hall–Kier alpha value is 0.434. The summed E-state index contributed by atoms with van der Waals surface area (Å²) in [4.78, 5) is 0. The molecule has 2 heteroatoms. The highest BCUT2D eigenvalue weighted by molar-refractivity contribution is 7.30. The molecule has 0 aromatic carbocycles. The third-order valence-corrected chi connectivity index (χ3v) is 13.5. The van der Waals surface area contributed by atoms with Crippen LogP contribution in [-0.2, 0) is 0 Å². The van der Waals surface area contributed by atoms with E-state index in [2.05, 4.69) is 32.7 Å². The quantitative estimate of drug-likeness (QED) is 0.478. The lowest BCUT2D eigenvalue weighted by Gasteiger charge is -2.33. The first-order chi connectivity index (χ1) is 2.94. The first-order valence-corrected chi connectivity index (χ1v) is 9.75. The Morgan fingerprint density at radius 1 is 1.00 bits per heavy atom. The van der Waals surface area contributed by atoms with Gasteiger partial charge in [0, 0.05) is 0 Å². The van der Waals surface area contributed by atoms with Gasteiger partial charge in [-0.2, -0.15) is 13.1 Å². The van der Waals surface area contributed by atoms with Crippen LogP contribution in [0, 0.1) is 0 Å². The van der Waals surface area contributed by atoms with Gasteiger partial charge >= 0.3 is 0 Å². The highest BCUT2D eigenvalue weighted by Gasteiger charge is 2.03. The molecule has 0 nitrogen and oxygen atoms in total. The summed E-state index contributed by atoms with van der Waals surface area (Å²) >= 11 is 0. The van der Waals surface area contributed by atoms with Crippen LogP contribution in [0.5, 0.6) is 0 Å². The van der Waals surface area contributed by atoms with Gasteiger partial charge in [0.25, 0.3) is 0 Å². The van der Waals surface area contributed by atoms with E-state index in [1.54, 1.807) is 0 Å². The monoisotopic (exact) mass is 131 g/mol. The van der Waals surface area contributed by atoms with Crippen molar-refractivity contribution < 1.29 is 0 Å². The van der Waals surface area contributed by atoms with Crippen molar-refractivity contribution in [3.8, 4) is 0 Å².